The molecule has 0 spiro atoms. The Morgan fingerprint density at radius 1 is 0.903 bits per heavy atom. The van der Waals surface area contributed by atoms with Crippen molar-refractivity contribution >= 4 is 46.6 Å². The summed E-state index contributed by atoms with van der Waals surface area (Å²) in [5, 5.41) is 0.974. The Labute approximate surface area is 425 Å². The van der Waals surface area contributed by atoms with Gasteiger partial charge in [-0.05, 0) is 97.9 Å². The van der Waals surface area contributed by atoms with Crippen molar-refractivity contribution < 1.29 is 52.4 Å². The third-order valence-electron chi connectivity index (χ3n) is 15.6. The summed E-state index contributed by atoms with van der Waals surface area (Å²) in [4.78, 5) is 85.7. The highest BCUT2D eigenvalue weighted by atomic mass is 16.7. The minimum absolute atomic E-state index is 0.0219. The second kappa shape index (κ2) is 23.4. The third kappa shape index (κ3) is 12.1. The second-order valence-corrected chi connectivity index (χ2v) is 21.2. The number of fused-ring (bicyclic) bond motifs is 2. The summed E-state index contributed by atoms with van der Waals surface area (Å²) in [6.45, 7) is 18.5. The number of rotatable bonds is 13. The van der Waals surface area contributed by atoms with Gasteiger partial charge < -0.3 is 38.2 Å². The monoisotopic (exact) mass is 996 g/mol. The number of carbonyl (C=O) groups excluding carboxylic acids is 5. The number of amides is 1. The highest BCUT2D eigenvalue weighted by Crippen LogP contribution is 2.43. The standard InChI is InChI=1S/C56H77N5O11/c1-12-45-56(8)49(61(54(66)72-56)29-28-60-26-24-59(11)25-27-60)37(4)46(62)35(2)33-55(7,67-30-18-19-40-32-42-22-16-17-23-43(42)57-34-40)50(38(5)47(63)39(6)51(64)69-45)71-53-48(44(58(9)10)31-36(3)68-53)70-52(65)41-20-14-13-15-21-41/h13-23,32,34-39,44-45,48-50,53H,12,24-31,33H2,1-11H3/b19-18+/t35-,36-,37+,38+,39-,44+,45-,48-,49-,50-,53+,55-,56-/m1/s1. The van der Waals surface area contributed by atoms with Crippen molar-refractivity contribution in [3.63, 3.8) is 0 Å². The minimum atomic E-state index is -1.45. The van der Waals surface area contributed by atoms with Gasteiger partial charge in [-0.2, -0.15) is 0 Å². The van der Waals surface area contributed by atoms with Crippen molar-refractivity contribution in [2.75, 3.05) is 67.0 Å². The van der Waals surface area contributed by atoms with Gasteiger partial charge in [0.2, 0.25) is 0 Å². The quantitative estimate of drug-likeness (QED) is 0.0982. The topological polar surface area (TPSA) is 167 Å². The molecule has 4 fully saturated rings. The zero-order valence-electron chi connectivity index (χ0n) is 44.2. The first-order valence-electron chi connectivity index (χ1n) is 25.8. The zero-order chi connectivity index (χ0) is 52.1. The lowest BCUT2D eigenvalue weighted by Gasteiger charge is -2.48. The number of cyclic esters (lactones) is 1. The number of Topliss-reactive ketones (excluding diaryl/α,β-unsaturated/α-hetero) is 2. The lowest BCUT2D eigenvalue weighted by Crippen LogP contribution is -2.61. The Kier molecular flexibility index (Phi) is 17.8. The summed E-state index contributed by atoms with van der Waals surface area (Å²) >= 11 is 0. The third-order valence-corrected chi connectivity index (χ3v) is 15.6. The Morgan fingerprint density at radius 2 is 1.60 bits per heavy atom. The predicted molar refractivity (Wildman–Crippen MR) is 273 cm³/mol. The van der Waals surface area contributed by atoms with Gasteiger partial charge in [0.05, 0.1) is 47.6 Å². The highest BCUT2D eigenvalue weighted by molar-refractivity contribution is 6.00. The van der Waals surface area contributed by atoms with Crippen LogP contribution in [0.25, 0.3) is 17.0 Å². The van der Waals surface area contributed by atoms with Crippen LogP contribution in [0.2, 0.25) is 0 Å². The molecule has 7 rings (SSSR count). The van der Waals surface area contributed by atoms with Crippen LogP contribution in [0.15, 0.2) is 72.9 Å². The van der Waals surface area contributed by atoms with Crippen molar-refractivity contribution in [3.8, 4) is 0 Å². The Balaban J connectivity index is 1.29. The molecule has 4 saturated heterocycles. The van der Waals surface area contributed by atoms with Crippen LogP contribution in [-0.4, -0.2) is 175 Å². The molecule has 3 aromatic rings. The number of aromatic nitrogens is 1. The van der Waals surface area contributed by atoms with Gasteiger partial charge in [-0.25, -0.2) is 9.59 Å². The van der Waals surface area contributed by atoms with Crippen LogP contribution in [0.5, 0.6) is 0 Å². The molecule has 0 bridgehead atoms. The first-order chi connectivity index (χ1) is 34.2. The fourth-order valence-electron chi connectivity index (χ4n) is 11.5. The van der Waals surface area contributed by atoms with E-state index >= 15 is 9.59 Å². The van der Waals surface area contributed by atoms with Crippen molar-refractivity contribution in [2.45, 2.75) is 129 Å². The lowest BCUT2D eigenvalue weighted by atomic mass is 9.73. The van der Waals surface area contributed by atoms with Crippen LogP contribution in [0, 0.1) is 23.7 Å². The summed E-state index contributed by atoms with van der Waals surface area (Å²) in [5.74, 6) is -5.95. The number of piperazine rings is 1. The van der Waals surface area contributed by atoms with E-state index in [2.05, 4.69) is 21.8 Å². The van der Waals surface area contributed by atoms with E-state index < -0.39 is 89.3 Å². The number of hydrogen-bond donors (Lipinski definition) is 0. The first-order valence-corrected chi connectivity index (χ1v) is 25.8. The molecule has 16 nitrogen and oxygen atoms in total. The fraction of sp³-hybridized carbons (Fsp3) is 0.607. The van der Waals surface area contributed by atoms with Crippen molar-refractivity contribution in [2.24, 2.45) is 23.7 Å². The molecule has 0 aliphatic carbocycles. The summed E-state index contributed by atoms with van der Waals surface area (Å²) in [6.07, 6.45) is 0.996. The van der Waals surface area contributed by atoms with E-state index in [-0.39, 0.29) is 37.4 Å². The van der Waals surface area contributed by atoms with Gasteiger partial charge in [0.15, 0.2) is 23.8 Å². The van der Waals surface area contributed by atoms with E-state index in [1.807, 2.05) is 102 Å². The van der Waals surface area contributed by atoms with Gasteiger partial charge >= 0.3 is 18.0 Å². The van der Waals surface area contributed by atoms with E-state index in [1.54, 1.807) is 49.2 Å². The van der Waals surface area contributed by atoms with Crippen molar-refractivity contribution in [3.05, 3.63) is 84.1 Å². The molecule has 0 N–H and O–H groups in total. The lowest BCUT2D eigenvalue weighted by molar-refractivity contribution is -0.296. The molecule has 4 aliphatic heterocycles. The molecule has 16 heteroatoms. The van der Waals surface area contributed by atoms with Gasteiger partial charge in [-0.1, -0.05) is 76.2 Å². The number of esters is 2. The number of ketones is 2. The largest absolute Gasteiger partial charge is 0.458 e. The fourth-order valence-corrected chi connectivity index (χ4v) is 11.5. The van der Waals surface area contributed by atoms with Crippen LogP contribution >= 0.6 is 0 Å². The predicted octanol–water partition coefficient (Wildman–Crippen LogP) is 6.93. The molecular formula is C56H77N5O11. The number of hydrogen-bond acceptors (Lipinski definition) is 15. The van der Waals surface area contributed by atoms with Gasteiger partial charge in [-0.15, -0.1) is 0 Å². The van der Waals surface area contributed by atoms with Crippen molar-refractivity contribution in [1.82, 2.24) is 24.6 Å². The molecule has 392 valence electrons. The van der Waals surface area contributed by atoms with E-state index in [4.69, 9.17) is 28.4 Å². The molecule has 0 radical (unpaired) electrons. The van der Waals surface area contributed by atoms with E-state index in [0.29, 0.717) is 25.1 Å². The molecule has 13 atom stereocenters. The molecule has 5 heterocycles. The van der Waals surface area contributed by atoms with Crippen LogP contribution in [0.3, 0.4) is 0 Å². The van der Waals surface area contributed by atoms with Gasteiger partial charge in [0.1, 0.15) is 17.8 Å². The molecule has 1 amide bonds. The van der Waals surface area contributed by atoms with Gasteiger partial charge in [0.25, 0.3) is 0 Å². The minimum Gasteiger partial charge on any atom is -0.458 e. The zero-order valence-corrected chi connectivity index (χ0v) is 44.2. The molecular weight excluding hydrogens is 919 g/mol. The molecule has 72 heavy (non-hydrogen) atoms. The maximum Gasteiger partial charge on any atom is 0.410 e. The molecule has 1 aromatic heterocycles. The van der Waals surface area contributed by atoms with Crippen LogP contribution in [-0.2, 0) is 42.8 Å². The van der Waals surface area contributed by atoms with Crippen LogP contribution in [0.1, 0.15) is 90.6 Å². The average molecular weight is 996 g/mol. The normalized spacial score (nSPS) is 33.7. The van der Waals surface area contributed by atoms with E-state index in [0.717, 1.165) is 42.6 Å². The summed E-state index contributed by atoms with van der Waals surface area (Å²) in [6, 6.07) is 17.3. The summed E-state index contributed by atoms with van der Waals surface area (Å²) < 4.78 is 39.6. The smallest absolute Gasteiger partial charge is 0.410 e. The number of nitrogens with zero attached hydrogens (tertiary/aromatic N) is 5. The molecule has 2 aromatic carbocycles. The van der Waals surface area contributed by atoms with E-state index in [9.17, 15) is 14.4 Å². The number of benzene rings is 2. The Hall–Kier alpha value is -5.10. The van der Waals surface area contributed by atoms with Crippen molar-refractivity contribution in [1.29, 1.82) is 0 Å². The van der Waals surface area contributed by atoms with Gasteiger partial charge in [-0.3, -0.25) is 29.2 Å². The number of carbonyl (C=O) groups is 5. The number of para-hydroxylation sites is 1. The maximum absolute atomic E-state index is 15.3. The second-order valence-electron chi connectivity index (χ2n) is 21.2. The Morgan fingerprint density at radius 3 is 2.29 bits per heavy atom. The van der Waals surface area contributed by atoms with Crippen LogP contribution < -0.4 is 0 Å². The number of ether oxygens (including phenoxy) is 6. The molecule has 0 unspecified atom stereocenters. The summed E-state index contributed by atoms with van der Waals surface area (Å²) in [7, 11) is 5.88. The summed E-state index contributed by atoms with van der Waals surface area (Å²) in [5.41, 5.74) is -0.833. The number of likely N-dealkylation sites (N-methyl/N-ethyl adjacent to an activating group) is 2. The van der Waals surface area contributed by atoms with E-state index in [1.165, 1.54) is 6.92 Å². The van der Waals surface area contributed by atoms with Crippen LogP contribution in [0.4, 0.5) is 4.79 Å². The van der Waals surface area contributed by atoms with Gasteiger partial charge in [0, 0.05) is 68.6 Å². The first kappa shape index (κ1) is 54.7. The highest BCUT2D eigenvalue weighted by Gasteiger charge is 2.60. The Bertz CT molecular complexity index is 2410. The average Bonchev–Trinajstić information content (AvgIpc) is 3.63. The SMILES string of the molecule is CC[C@H]1OC(=O)[C@H](C)C(=O)[C@H](C)[C@@H](O[C@@H]2O[C@H](C)C[C@H](N(C)C)[C@H]2OC(=O)c2ccccc2)[C@](C)(OC/C=C/c2cnc3ccccc3c2)C[C@@H](C)C(=O)[C@H](C)[C@H]2N(CCN3CCN(C)CC3)C(=O)O[C@]12C. The molecule has 4 aliphatic rings. The maximum atomic E-state index is 15.3. The number of pyridine rings is 1. The molecule has 0 saturated carbocycles.